The van der Waals surface area contributed by atoms with Crippen molar-refractivity contribution < 1.29 is 14.3 Å². The highest BCUT2D eigenvalue weighted by Crippen LogP contribution is 2.26. The number of carbonyl (C=O) groups excluding carboxylic acids is 1. The molecule has 0 bridgehead atoms. The average molecular weight is 425 g/mol. The molecule has 0 aliphatic carbocycles. The highest BCUT2D eigenvalue weighted by atomic mass is 16.5. The number of amides is 1. The monoisotopic (exact) mass is 425 g/mol. The van der Waals surface area contributed by atoms with E-state index in [-0.39, 0.29) is 18.6 Å². The number of ether oxygens (including phenoxy) is 2. The van der Waals surface area contributed by atoms with Crippen molar-refractivity contribution in [3.8, 4) is 5.75 Å². The maximum Gasteiger partial charge on any atom is 0.251 e. The Morgan fingerprint density at radius 3 is 2.12 bits per heavy atom. The fourth-order valence-electron chi connectivity index (χ4n) is 3.21. The summed E-state index contributed by atoms with van der Waals surface area (Å²) in [4.78, 5) is 20.9. The van der Waals surface area contributed by atoms with Gasteiger partial charge in [0, 0.05) is 18.6 Å². The molecule has 0 aliphatic rings. The molecule has 0 aliphatic heterocycles. The zero-order valence-corrected chi connectivity index (χ0v) is 17.4. The number of anilines is 1. The zero-order valence-electron chi connectivity index (χ0n) is 17.4. The molecule has 2 aromatic carbocycles. The van der Waals surface area contributed by atoms with Gasteiger partial charge in [-0.2, -0.15) is 0 Å². The third-order valence-corrected chi connectivity index (χ3v) is 4.76. The van der Waals surface area contributed by atoms with Gasteiger partial charge in [-0.1, -0.05) is 60.7 Å². The van der Waals surface area contributed by atoms with Crippen molar-refractivity contribution in [2.45, 2.75) is 12.7 Å². The molecule has 32 heavy (non-hydrogen) atoms. The standard InChI is InChI=1S/C26H23N3O3/c30-24(19-32-25(21-8-3-1-4-9-21)22-10-5-2-6-11-22)29-26-23(12-7-15-28-26)31-18-20-13-16-27-17-14-20/h1-17,25H,18-19H2,(H,28,29,30). The third kappa shape index (κ3) is 5.77. The molecule has 4 aromatic rings. The van der Waals surface area contributed by atoms with Gasteiger partial charge in [-0.15, -0.1) is 0 Å². The van der Waals surface area contributed by atoms with Gasteiger partial charge in [0.15, 0.2) is 11.6 Å². The summed E-state index contributed by atoms with van der Waals surface area (Å²) in [5.41, 5.74) is 2.93. The van der Waals surface area contributed by atoms with Gasteiger partial charge in [-0.25, -0.2) is 4.98 Å². The van der Waals surface area contributed by atoms with Crippen LogP contribution in [0.3, 0.4) is 0 Å². The molecule has 0 atom stereocenters. The number of rotatable bonds is 9. The first kappa shape index (κ1) is 21.2. The van der Waals surface area contributed by atoms with E-state index in [1.54, 1.807) is 30.7 Å². The second-order valence-corrected chi connectivity index (χ2v) is 7.05. The predicted molar refractivity (Wildman–Crippen MR) is 122 cm³/mol. The normalized spacial score (nSPS) is 10.7. The van der Waals surface area contributed by atoms with Gasteiger partial charge in [0.2, 0.25) is 0 Å². The first-order valence-corrected chi connectivity index (χ1v) is 10.3. The number of nitrogens with zero attached hydrogens (tertiary/aromatic N) is 2. The number of hydrogen-bond acceptors (Lipinski definition) is 5. The molecule has 4 rings (SSSR count). The lowest BCUT2D eigenvalue weighted by Gasteiger charge is -2.19. The summed E-state index contributed by atoms with van der Waals surface area (Å²) in [7, 11) is 0. The van der Waals surface area contributed by atoms with Crippen molar-refractivity contribution in [1.82, 2.24) is 9.97 Å². The number of hydrogen-bond donors (Lipinski definition) is 1. The summed E-state index contributed by atoms with van der Waals surface area (Å²) in [6, 6.07) is 26.9. The molecule has 0 unspecified atom stereocenters. The quantitative estimate of drug-likeness (QED) is 0.417. The molecule has 6 heteroatoms. The number of aromatic nitrogens is 2. The van der Waals surface area contributed by atoms with E-state index in [0.29, 0.717) is 18.2 Å². The molecule has 0 spiro atoms. The number of pyridine rings is 2. The minimum atomic E-state index is -0.353. The molecule has 2 heterocycles. The van der Waals surface area contributed by atoms with E-state index >= 15 is 0 Å². The minimum Gasteiger partial charge on any atom is -0.485 e. The fraction of sp³-hybridized carbons (Fsp3) is 0.115. The van der Waals surface area contributed by atoms with Gasteiger partial charge in [0.25, 0.3) is 5.91 Å². The van der Waals surface area contributed by atoms with Crippen molar-refractivity contribution in [3.05, 3.63) is 120 Å². The maximum absolute atomic E-state index is 12.7. The van der Waals surface area contributed by atoms with Crippen LogP contribution in [0.1, 0.15) is 22.8 Å². The molecule has 160 valence electrons. The van der Waals surface area contributed by atoms with Gasteiger partial charge in [0.1, 0.15) is 19.3 Å². The average Bonchev–Trinajstić information content (AvgIpc) is 2.86. The van der Waals surface area contributed by atoms with E-state index in [1.807, 2.05) is 72.8 Å². The Bertz CT molecular complexity index is 1080. The van der Waals surface area contributed by atoms with Crippen molar-refractivity contribution in [3.63, 3.8) is 0 Å². The van der Waals surface area contributed by atoms with E-state index in [9.17, 15) is 4.79 Å². The van der Waals surface area contributed by atoms with Gasteiger partial charge in [0.05, 0.1) is 0 Å². The van der Waals surface area contributed by atoms with Crippen LogP contribution in [0.15, 0.2) is 104 Å². The Labute approximate surface area is 186 Å². The lowest BCUT2D eigenvalue weighted by atomic mass is 10.0. The molecule has 2 aromatic heterocycles. The smallest absolute Gasteiger partial charge is 0.251 e. The highest BCUT2D eigenvalue weighted by molar-refractivity contribution is 5.92. The Hall–Kier alpha value is -4.03. The van der Waals surface area contributed by atoms with E-state index in [1.165, 1.54) is 0 Å². The number of nitrogens with one attached hydrogen (secondary N) is 1. The number of benzene rings is 2. The van der Waals surface area contributed by atoms with E-state index in [2.05, 4.69) is 15.3 Å². The molecule has 1 amide bonds. The highest BCUT2D eigenvalue weighted by Gasteiger charge is 2.17. The molecule has 6 nitrogen and oxygen atoms in total. The Morgan fingerprint density at radius 1 is 0.812 bits per heavy atom. The predicted octanol–water partition coefficient (Wildman–Crippen LogP) is 4.80. The summed E-state index contributed by atoms with van der Waals surface area (Å²) in [6.07, 6.45) is 4.66. The van der Waals surface area contributed by atoms with Crippen LogP contribution in [0.25, 0.3) is 0 Å². The van der Waals surface area contributed by atoms with Gasteiger partial charge >= 0.3 is 0 Å². The molecule has 0 fully saturated rings. The Morgan fingerprint density at radius 2 is 1.47 bits per heavy atom. The van der Waals surface area contributed by atoms with Crippen molar-refractivity contribution in [1.29, 1.82) is 0 Å². The van der Waals surface area contributed by atoms with Crippen molar-refractivity contribution >= 4 is 11.7 Å². The lowest BCUT2D eigenvalue weighted by molar-refractivity contribution is -0.122. The second kappa shape index (κ2) is 10.8. The molecule has 0 saturated heterocycles. The molecule has 0 saturated carbocycles. The van der Waals surface area contributed by atoms with E-state index < -0.39 is 0 Å². The van der Waals surface area contributed by atoms with Crippen LogP contribution in [0, 0.1) is 0 Å². The molecule has 1 N–H and O–H groups in total. The first-order chi connectivity index (χ1) is 15.8. The number of carbonyl (C=O) groups is 1. The van der Waals surface area contributed by atoms with Gasteiger partial charge < -0.3 is 14.8 Å². The summed E-state index contributed by atoms with van der Waals surface area (Å²) in [5, 5.41) is 2.79. The van der Waals surface area contributed by atoms with Crippen LogP contribution in [-0.2, 0) is 16.1 Å². The van der Waals surface area contributed by atoms with Crippen LogP contribution < -0.4 is 10.1 Å². The Balaban J connectivity index is 1.41. The largest absolute Gasteiger partial charge is 0.485 e. The van der Waals surface area contributed by atoms with Gasteiger partial charge in [-0.3, -0.25) is 9.78 Å². The van der Waals surface area contributed by atoms with Crippen LogP contribution in [0.2, 0.25) is 0 Å². The SMILES string of the molecule is O=C(COC(c1ccccc1)c1ccccc1)Nc1ncccc1OCc1ccncc1. The van der Waals surface area contributed by atoms with Crippen LogP contribution in [0.5, 0.6) is 5.75 Å². The zero-order chi connectivity index (χ0) is 22.0. The summed E-state index contributed by atoms with van der Waals surface area (Å²) < 4.78 is 11.9. The third-order valence-electron chi connectivity index (χ3n) is 4.76. The maximum atomic E-state index is 12.7. The topological polar surface area (TPSA) is 73.3 Å². The second-order valence-electron chi connectivity index (χ2n) is 7.05. The van der Waals surface area contributed by atoms with Crippen LogP contribution >= 0.6 is 0 Å². The fourth-order valence-corrected chi connectivity index (χ4v) is 3.21. The summed E-state index contributed by atoms with van der Waals surface area (Å²) >= 11 is 0. The Kier molecular flexibility index (Phi) is 7.18. The minimum absolute atomic E-state index is 0.130. The lowest BCUT2D eigenvalue weighted by Crippen LogP contribution is -2.21. The molecule has 0 radical (unpaired) electrons. The van der Waals surface area contributed by atoms with E-state index in [0.717, 1.165) is 16.7 Å². The van der Waals surface area contributed by atoms with E-state index in [4.69, 9.17) is 9.47 Å². The summed E-state index contributed by atoms with van der Waals surface area (Å²) in [5.74, 6) is 0.529. The van der Waals surface area contributed by atoms with Crippen molar-refractivity contribution in [2.75, 3.05) is 11.9 Å². The van der Waals surface area contributed by atoms with Gasteiger partial charge in [-0.05, 0) is 41.0 Å². The summed E-state index contributed by atoms with van der Waals surface area (Å²) in [6.45, 7) is 0.215. The molecular weight excluding hydrogens is 402 g/mol. The van der Waals surface area contributed by atoms with Crippen LogP contribution in [0.4, 0.5) is 5.82 Å². The van der Waals surface area contributed by atoms with Crippen LogP contribution in [-0.4, -0.2) is 22.5 Å². The van der Waals surface area contributed by atoms with Crippen molar-refractivity contribution in [2.24, 2.45) is 0 Å². The first-order valence-electron chi connectivity index (χ1n) is 10.3. The molecular formula is C26H23N3O3.